The second-order valence-electron chi connectivity index (χ2n) is 7.71. The summed E-state index contributed by atoms with van der Waals surface area (Å²) in [6.07, 6.45) is -3.82. The maximum Gasteiger partial charge on any atom is 0.416 e. The van der Waals surface area contributed by atoms with Gasteiger partial charge in [-0.3, -0.25) is 10.1 Å². The average molecular weight is 419 g/mol. The lowest BCUT2D eigenvalue weighted by molar-refractivity contribution is -0.137. The van der Waals surface area contributed by atoms with E-state index in [2.05, 4.69) is 5.32 Å². The number of halogens is 3. The zero-order chi connectivity index (χ0) is 20.7. The highest BCUT2D eigenvalue weighted by Crippen LogP contribution is 2.35. The number of alkyl halides is 3. The quantitative estimate of drug-likeness (QED) is 0.813. The standard InChI is InChI=1S/C18H24F3N3O3S/c1-13(2)12-24-16(25)11-22-17(24)6-8-23(9-7-17)28(26,27)15-5-3-4-14(10-15)18(19,20)21/h3-5,10,13,22H,6-9,11-12H2,1-2H3. The van der Waals surface area contributed by atoms with Crippen molar-refractivity contribution in [1.29, 1.82) is 0 Å². The van der Waals surface area contributed by atoms with E-state index in [-0.39, 0.29) is 36.4 Å². The minimum absolute atomic E-state index is 0.0112. The van der Waals surface area contributed by atoms with Gasteiger partial charge in [0.2, 0.25) is 15.9 Å². The van der Waals surface area contributed by atoms with Gasteiger partial charge in [-0.05, 0) is 37.0 Å². The number of benzene rings is 1. The van der Waals surface area contributed by atoms with Crippen LogP contribution >= 0.6 is 0 Å². The van der Waals surface area contributed by atoms with Gasteiger partial charge in [0, 0.05) is 19.6 Å². The van der Waals surface area contributed by atoms with Crippen molar-refractivity contribution in [2.75, 3.05) is 26.2 Å². The zero-order valence-corrected chi connectivity index (χ0v) is 16.6. The molecule has 1 aromatic carbocycles. The molecule has 2 aliphatic heterocycles. The van der Waals surface area contributed by atoms with Crippen LogP contribution in [0.4, 0.5) is 13.2 Å². The summed E-state index contributed by atoms with van der Waals surface area (Å²) in [4.78, 5) is 13.7. The van der Waals surface area contributed by atoms with Crippen LogP contribution in [0.15, 0.2) is 29.2 Å². The predicted molar refractivity (Wildman–Crippen MR) is 96.7 cm³/mol. The molecule has 1 aromatic rings. The molecule has 1 amide bonds. The van der Waals surface area contributed by atoms with E-state index in [0.717, 1.165) is 12.1 Å². The molecule has 0 saturated carbocycles. The van der Waals surface area contributed by atoms with Crippen LogP contribution < -0.4 is 5.32 Å². The molecule has 156 valence electrons. The summed E-state index contributed by atoms with van der Waals surface area (Å²) in [5, 5.41) is 3.22. The number of piperidine rings is 1. The van der Waals surface area contributed by atoms with Crippen molar-refractivity contribution in [1.82, 2.24) is 14.5 Å². The maximum absolute atomic E-state index is 12.9. The fraction of sp³-hybridized carbons (Fsp3) is 0.611. The van der Waals surface area contributed by atoms with E-state index < -0.39 is 27.4 Å². The van der Waals surface area contributed by atoms with Crippen LogP contribution in [0.5, 0.6) is 0 Å². The van der Waals surface area contributed by atoms with Crippen molar-refractivity contribution in [2.45, 2.75) is 43.4 Å². The summed E-state index contributed by atoms with van der Waals surface area (Å²) in [5.74, 6) is 0.260. The van der Waals surface area contributed by atoms with E-state index in [1.807, 2.05) is 13.8 Å². The summed E-state index contributed by atoms with van der Waals surface area (Å²) in [6.45, 7) is 5.07. The third kappa shape index (κ3) is 3.90. The molecule has 6 nitrogen and oxygen atoms in total. The maximum atomic E-state index is 12.9. The van der Waals surface area contributed by atoms with Crippen LogP contribution in [-0.2, 0) is 21.0 Å². The van der Waals surface area contributed by atoms with Gasteiger partial charge < -0.3 is 4.90 Å². The fourth-order valence-corrected chi connectivity index (χ4v) is 5.32. The number of nitrogens with zero attached hydrogens (tertiary/aromatic N) is 2. The fourth-order valence-electron chi connectivity index (χ4n) is 3.84. The van der Waals surface area contributed by atoms with Crippen molar-refractivity contribution >= 4 is 15.9 Å². The molecule has 0 atom stereocenters. The second kappa shape index (κ2) is 7.31. The lowest BCUT2D eigenvalue weighted by Crippen LogP contribution is -2.59. The lowest BCUT2D eigenvalue weighted by atomic mass is 9.96. The highest BCUT2D eigenvalue weighted by atomic mass is 32.2. The lowest BCUT2D eigenvalue weighted by Gasteiger charge is -2.44. The van der Waals surface area contributed by atoms with Gasteiger partial charge >= 0.3 is 6.18 Å². The van der Waals surface area contributed by atoms with Gasteiger partial charge in [0.1, 0.15) is 0 Å². The molecule has 1 spiro atoms. The first-order valence-electron chi connectivity index (χ1n) is 9.19. The Balaban J connectivity index is 1.78. The number of rotatable bonds is 4. The van der Waals surface area contributed by atoms with Crippen LogP contribution in [0.25, 0.3) is 0 Å². The van der Waals surface area contributed by atoms with E-state index in [9.17, 15) is 26.4 Å². The van der Waals surface area contributed by atoms with Gasteiger partial charge in [-0.2, -0.15) is 17.5 Å². The number of nitrogens with one attached hydrogen (secondary N) is 1. The minimum Gasteiger partial charge on any atom is -0.323 e. The van der Waals surface area contributed by atoms with Crippen LogP contribution in [0.2, 0.25) is 0 Å². The Morgan fingerprint density at radius 1 is 1.21 bits per heavy atom. The molecule has 0 aromatic heterocycles. The van der Waals surface area contributed by atoms with Gasteiger partial charge in [-0.25, -0.2) is 8.42 Å². The SMILES string of the molecule is CC(C)CN1C(=O)CNC12CCN(S(=O)(=O)c1cccc(C(F)(F)F)c1)CC2. The Morgan fingerprint density at radius 2 is 1.86 bits per heavy atom. The van der Waals surface area contributed by atoms with Gasteiger partial charge in [0.15, 0.2) is 0 Å². The normalized spacial score (nSPS) is 21.1. The molecule has 0 aliphatic carbocycles. The number of hydrogen-bond acceptors (Lipinski definition) is 4. The van der Waals surface area contributed by atoms with Crippen LogP contribution in [0.1, 0.15) is 32.3 Å². The zero-order valence-electron chi connectivity index (χ0n) is 15.8. The highest BCUT2D eigenvalue weighted by molar-refractivity contribution is 7.89. The Labute approximate surface area is 162 Å². The smallest absolute Gasteiger partial charge is 0.323 e. The molecule has 2 heterocycles. The third-order valence-electron chi connectivity index (χ3n) is 5.28. The first-order chi connectivity index (χ1) is 13.0. The minimum atomic E-state index is -4.61. The molecule has 2 aliphatic rings. The largest absolute Gasteiger partial charge is 0.416 e. The molecule has 1 N–H and O–H groups in total. The van der Waals surface area contributed by atoms with Crippen molar-refractivity contribution in [2.24, 2.45) is 5.92 Å². The number of carbonyl (C=O) groups excluding carboxylic acids is 1. The summed E-state index contributed by atoms with van der Waals surface area (Å²) >= 11 is 0. The number of amides is 1. The Bertz CT molecular complexity index is 847. The first kappa shape index (κ1) is 21.1. The summed E-state index contributed by atoms with van der Waals surface area (Å²) in [7, 11) is -4.04. The van der Waals surface area contributed by atoms with Crippen LogP contribution in [0, 0.1) is 5.92 Å². The molecule has 2 fully saturated rings. The van der Waals surface area contributed by atoms with E-state index in [1.165, 1.54) is 10.4 Å². The molecule has 28 heavy (non-hydrogen) atoms. The second-order valence-corrected chi connectivity index (χ2v) is 9.65. The van der Waals surface area contributed by atoms with Crippen LogP contribution in [-0.4, -0.2) is 55.4 Å². The monoisotopic (exact) mass is 419 g/mol. The third-order valence-corrected chi connectivity index (χ3v) is 7.18. The van der Waals surface area contributed by atoms with E-state index >= 15 is 0 Å². The molecular weight excluding hydrogens is 395 g/mol. The number of hydrogen-bond donors (Lipinski definition) is 1. The molecule has 2 saturated heterocycles. The topological polar surface area (TPSA) is 69.7 Å². The van der Waals surface area contributed by atoms with Gasteiger partial charge in [-0.15, -0.1) is 0 Å². The van der Waals surface area contributed by atoms with Gasteiger partial charge in [0.05, 0.1) is 22.7 Å². The molecule has 0 unspecified atom stereocenters. The Hall–Kier alpha value is -1.65. The Morgan fingerprint density at radius 3 is 2.43 bits per heavy atom. The number of carbonyl (C=O) groups is 1. The van der Waals surface area contributed by atoms with E-state index in [0.29, 0.717) is 25.5 Å². The number of sulfonamides is 1. The van der Waals surface area contributed by atoms with Gasteiger partial charge in [-0.1, -0.05) is 19.9 Å². The summed E-state index contributed by atoms with van der Waals surface area (Å²) in [5.41, 5.74) is -1.57. The van der Waals surface area contributed by atoms with Crippen LogP contribution in [0.3, 0.4) is 0 Å². The Kier molecular flexibility index (Phi) is 5.50. The first-order valence-corrected chi connectivity index (χ1v) is 10.6. The summed E-state index contributed by atoms with van der Waals surface area (Å²) in [6, 6.07) is 3.80. The molecule has 10 heteroatoms. The van der Waals surface area contributed by atoms with Gasteiger partial charge in [0.25, 0.3) is 0 Å². The highest BCUT2D eigenvalue weighted by Gasteiger charge is 2.48. The van der Waals surface area contributed by atoms with Crippen molar-refractivity contribution in [3.63, 3.8) is 0 Å². The predicted octanol–water partition coefficient (Wildman–Crippen LogP) is 2.27. The molecule has 3 rings (SSSR count). The summed E-state index contributed by atoms with van der Waals surface area (Å²) < 4.78 is 65.7. The molecule has 0 radical (unpaired) electrons. The van der Waals surface area contributed by atoms with E-state index in [4.69, 9.17) is 0 Å². The molecule has 0 bridgehead atoms. The average Bonchev–Trinajstić information content (AvgIpc) is 2.91. The van der Waals surface area contributed by atoms with E-state index in [1.54, 1.807) is 4.90 Å². The van der Waals surface area contributed by atoms with Crippen molar-refractivity contribution < 1.29 is 26.4 Å². The molecular formula is C18H24F3N3O3S. The van der Waals surface area contributed by atoms with Crippen molar-refractivity contribution in [3.05, 3.63) is 29.8 Å². The van der Waals surface area contributed by atoms with Crippen molar-refractivity contribution in [3.8, 4) is 0 Å².